The fraction of sp³-hybridized carbons (Fsp3) is 1.00. The van der Waals surface area contributed by atoms with Crippen LogP contribution in [0.1, 0.15) is 19.3 Å². The molecule has 0 amide bonds. The molecule has 0 saturated heterocycles. The molecule has 1 fully saturated rings. The van der Waals surface area contributed by atoms with E-state index in [1.165, 1.54) is 0 Å². The molecule has 0 spiro atoms. The second kappa shape index (κ2) is 3.82. The number of hydrogen-bond donors (Lipinski definition) is 1. The van der Waals surface area contributed by atoms with E-state index in [0.717, 1.165) is 0 Å². The van der Waals surface area contributed by atoms with Crippen molar-refractivity contribution in [1.82, 2.24) is 0 Å². The van der Waals surface area contributed by atoms with Gasteiger partial charge in [0, 0.05) is 0 Å². The molecule has 0 radical (unpaired) electrons. The summed E-state index contributed by atoms with van der Waals surface area (Å²) in [5.41, 5.74) is 5.21. The van der Waals surface area contributed by atoms with Crippen molar-refractivity contribution >= 4 is 0 Å². The van der Waals surface area contributed by atoms with Crippen LogP contribution in [0.25, 0.3) is 0 Å². The maximum Gasteiger partial charge on any atom is 0.392 e. The molecule has 0 bridgehead atoms. The molecule has 3 atom stereocenters. The molecule has 0 aromatic carbocycles. The standard InChI is InChI=1S/C8H13F4N/c9-6-2-1-5(4-13)7(3-6)8(10,11)12/h5-7H,1-4,13H2. The van der Waals surface area contributed by atoms with Crippen LogP contribution in [0.2, 0.25) is 0 Å². The third-order valence-electron chi connectivity index (χ3n) is 2.65. The summed E-state index contributed by atoms with van der Waals surface area (Å²) in [4.78, 5) is 0. The van der Waals surface area contributed by atoms with Crippen LogP contribution >= 0.6 is 0 Å². The highest BCUT2D eigenvalue weighted by Gasteiger charge is 2.47. The fourth-order valence-corrected chi connectivity index (χ4v) is 1.86. The summed E-state index contributed by atoms with van der Waals surface area (Å²) in [5, 5.41) is 0. The molecule has 0 aromatic heterocycles. The number of hydrogen-bond acceptors (Lipinski definition) is 1. The molecule has 3 unspecified atom stereocenters. The van der Waals surface area contributed by atoms with Crippen molar-refractivity contribution in [2.75, 3.05) is 6.54 Å². The van der Waals surface area contributed by atoms with Gasteiger partial charge in [0.1, 0.15) is 6.17 Å². The summed E-state index contributed by atoms with van der Waals surface area (Å²) in [6, 6.07) is 0. The van der Waals surface area contributed by atoms with Crippen LogP contribution in [0.5, 0.6) is 0 Å². The van der Waals surface area contributed by atoms with Crippen molar-refractivity contribution in [2.24, 2.45) is 17.6 Å². The quantitative estimate of drug-likeness (QED) is 0.644. The molecule has 13 heavy (non-hydrogen) atoms. The van der Waals surface area contributed by atoms with Gasteiger partial charge in [0.05, 0.1) is 5.92 Å². The maximum absolute atomic E-state index is 12.7. The van der Waals surface area contributed by atoms with Gasteiger partial charge in [-0.15, -0.1) is 0 Å². The van der Waals surface area contributed by atoms with Gasteiger partial charge in [0.25, 0.3) is 0 Å². The third kappa shape index (κ3) is 2.56. The SMILES string of the molecule is NCC1CCC(F)CC1C(F)(F)F. The number of alkyl halides is 4. The summed E-state index contributed by atoms with van der Waals surface area (Å²) in [6.07, 6.45) is -5.55. The summed E-state index contributed by atoms with van der Waals surface area (Å²) >= 11 is 0. The van der Waals surface area contributed by atoms with E-state index in [-0.39, 0.29) is 19.4 Å². The van der Waals surface area contributed by atoms with Crippen molar-refractivity contribution < 1.29 is 17.6 Å². The summed E-state index contributed by atoms with van der Waals surface area (Å²) < 4.78 is 49.7. The van der Waals surface area contributed by atoms with Gasteiger partial charge < -0.3 is 5.73 Å². The summed E-state index contributed by atoms with van der Waals surface area (Å²) in [7, 11) is 0. The summed E-state index contributed by atoms with van der Waals surface area (Å²) in [6.45, 7) is -0.00308. The lowest BCUT2D eigenvalue weighted by Crippen LogP contribution is -2.39. The zero-order valence-corrected chi connectivity index (χ0v) is 7.15. The first-order valence-corrected chi connectivity index (χ1v) is 4.36. The van der Waals surface area contributed by atoms with Gasteiger partial charge in [-0.1, -0.05) is 0 Å². The number of rotatable bonds is 1. The zero-order chi connectivity index (χ0) is 10.1. The maximum atomic E-state index is 12.7. The lowest BCUT2D eigenvalue weighted by atomic mass is 9.78. The molecule has 0 heterocycles. The molecule has 5 heteroatoms. The van der Waals surface area contributed by atoms with Crippen molar-refractivity contribution in [1.29, 1.82) is 0 Å². The second-order valence-corrected chi connectivity index (χ2v) is 3.55. The van der Waals surface area contributed by atoms with E-state index in [1.807, 2.05) is 0 Å². The molecule has 1 aliphatic rings. The van der Waals surface area contributed by atoms with Crippen LogP contribution in [0.15, 0.2) is 0 Å². The first-order chi connectivity index (χ1) is 5.95. The van der Waals surface area contributed by atoms with Crippen LogP contribution < -0.4 is 5.73 Å². The molecule has 1 rings (SSSR count). The molecule has 78 valence electrons. The lowest BCUT2D eigenvalue weighted by Gasteiger charge is -2.33. The van der Waals surface area contributed by atoms with E-state index in [1.54, 1.807) is 0 Å². The fourth-order valence-electron chi connectivity index (χ4n) is 1.86. The Morgan fingerprint density at radius 1 is 1.23 bits per heavy atom. The van der Waals surface area contributed by atoms with Crippen molar-refractivity contribution in [3.05, 3.63) is 0 Å². The average molecular weight is 199 g/mol. The molecular formula is C8H13F4N. The number of nitrogens with two attached hydrogens (primary N) is 1. The Hall–Kier alpha value is -0.320. The molecule has 2 N–H and O–H groups in total. The van der Waals surface area contributed by atoms with E-state index >= 15 is 0 Å². The minimum Gasteiger partial charge on any atom is -0.330 e. The van der Waals surface area contributed by atoms with Crippen LogP contribution in [0.4, 0.5) is 17.6 Å². The highest BCUT2D eigenvalue weighted by atomic mass is 19.4. The summed E-state index contributed by atoms with van der Waals surface area (Å²) in [5.74, 6) is -2.13. The van der Waals surface area contributed by atoms with E-state index in [0.29, 0.717) is 0 Å². The molecular weight excluding hydrogens is 186 g/mol. The Bertz CT molecular complexity index is 168. The van der Waals surface area contributed by atoms with E-state index in [2.05, 4.69) is 0 Å². The zero-order valence-electron chi connectivity index (χ0n) is 7.15. The van der Waals surface area contributed by atoms with Gasteiger partial charge in [-0.3, -0.25) is 0 Å². The lowest BCUT2D eigenvalue weighted by molar-refractivity contribution is -0.200. The van der Waals surface area contributed by atoms with Crippen molar-refractivity contribution in [3.63, 3.8) is 0 Å². The normalized spacial score (nSPS) is 36.2. The molecule has 0 aliphatic heterocycles. The van der Waals surface area contributed by atoms with Gasteiger partial charge in [0.15, 0.2) is 0 Å². The van der Waals surface area contributed by atoms with Gasteiger partial charge in [-0.2, -0.15) is 13.2 Å². The Morgan fingerprint density at radius 3 is 2.31 bits per heavy atom. The van der Waals surface area contributed by atoms with E-state index in [9.17, 15) is 17.6 Å². The first kappa shape index (κ1) is 10.8. The molecule has 1 aliphatic carbocycles. The Labute approximate surface area is 74.3 Å². The monoisotopic (exact) mass is 199 g/mol. The smallest absolute Gasteiger partial charge is 0.330 e. The highest BCUT2D eigenvalue weighted by molar-refractivity contribution is 4.84. The molecule has 1 nitrogen and oxygen atoms in total. The topological polar surface area (TPSA) is 26.0 Å². The average Bonchev–Trinajstić information content (AvgIpc) is 2.03. The largest absolute Gasteiger partial charge is 0.392 e. The molecule has 1 saturated carbocycles. The van der Waals surface area contributed by atoms with Crippen LogP contribution in [0, 0.1) is 11.8 Å². The van der Waals surface area contributed by atoms with Gasteiger partial charge in [-0.05, 0) is 31.7 Å². The second-order valence-electron chi connectivity index (χ2n) is 3.55. The minimum absolute atomic E-state index is 0.00308. The van der Waals surface area contributed by atoms with E-state index < -0.39 is 30.6 Å². The van der Waals surface area contributed by atoms with Gasteiger partial charge in [0.2, 0.25) is 0 Å². The Balaban J connectivity index is 2.65. The van der Waals surface area contributed by atoms with Crippen LogP contribution in [0.3, 0.4) is 0 Å². The number of halogens is 4. The van der Waals surface area contributed by atoms with Gasteiger partial charge in [-0.25, -0.2) is 4.39 Å². The predicted octanol–water partition coefficient (Wildman–Crippen LogP) is 2.26. The van der Waals surface area contributed by atoms with Crippen molar-refractivity contribution in [2.45, 2.75) is 31.6 Å². The Kier molecular flexibility index (Phi) is 3.16. The van der Waals surface area contributed by atoms with Crippen LogP contribution in [-0.4, -0.2) is 18.9 Å². The predicted molar refractivity (Wildman–Crippen MR) is 40.8 cm³/mol. The van der Waals surface area contributed by atoms with Crippen molar-refractivity contribution in [3.8, 4) is 0 Å². The van der Waals surface area contributed by atoms with Gasteiger partial charge >= 0.3 is 6.18 Å². The Morgan fingerprint density at radius 2 is 1.85 bits per heavy atom. The highest BCUT2D eigenvalue weighted by Crippen LogP contribution is 2.41. The molecule has 0 aromatic rings. The third-order valence-corrected chi connectivity index (χ3v) is 2.65. The first-order valence-electron chi connectivity index (χ1n) is 4.36. The minimum atomic E-state index is -4.30. The van der Waals surface area contributed by atoms with E-state index in [4.69, 9.17) is 5.73 Å². The van der Waals surface area contributed by atoms with Crippen LogP contribution in [-0.2, 0) is 0 Å².